The highest BCUT2D eigenvalue weighted by Gasteiger charge is 2.11. The quantitative estimate of drug-likeness (QED) is 0.585. The highest BCUT2D eigenvalue weighted by atomic mass is 16.1. The SMILES string of the molecule is Cc1cc(NN)c(C(=O)NCc2ccccc2C)cn1. The van der Waals surface area contributed by atoms with Crippen molar-refractivity contribution in [1.82, 2.24) is 10.3 Å². The number of rotatable bonds is 4. The van der Waals surface area contributed by atoms with E-state index < -0.39 is 0 Å². The third-order valence-electron chi connectivity index (χ3n) is 3.14. The summed E-state index contributed by atoms with van der Waals surface area (Å²) in [4.78, 5) is 16.3. The predicted octanol–water partition coefficient (Wildman–Crippen LogP) is 1.91. The molecule has 4 N–H and O–H groups in total. The number of hydrogen-bond acceptors (Lipinski definition) is 4. The van der Waals surface area contributed by atoms with Crippen molar-refractivity contribution < 1.29 is 4.79 Å². The second kappa shape index (κ2) is 6.16. The summed E-state index contributed by atoms with van der Waals surface area (Å²) in [6, 6.07) is 9.67. The number of carbonyl (C=O) groups is 1. The zero-order valence-corrected chi connectivity index (χ0v) is 11.6. The van der Waals surface area contributed by atoms with Gasteiger partial charge in [-0.05, 0) is 31.0 Å². The van der Waals surface area contributed by atoms with Gasteiger partial charge in [0, 0.05) is 18.4 Å². The Kier molecular flexibility index (Phi) is 4.32. The van der Waals surface area contributed by atoms with E-state index in [0.29, 0.717) is 17.8 Å². The summed E-state index contributed by atoms with van der Waals surface area (Å²) in [5.74, 6) is 5.23. The Morgan fingerprint density at radius 3 is 2.75 bits per heavy atom. The molecule has 2 aromatic rings. The molecule has 0 aliphatic carbocycles. The molecule has 0 aliphatic heterocycles. The van der Waals surface area contributed by atoms with Crippen LogP contribution >= 0.6 is 0 Å². The van der Waals surface area contributed by atoms with E-state index in [1.54, 1.807) is 6.07 Å². The normalized spacial score (nSPS) is 10.2. The number of hydrogen-bond donors (Lipinski definition) is 3. The molecule has 0 aliphatic rings. The molecule has 0 atom stereocenters. The molecule has 20 heavy (non-hydrogen) atoms. The number of aryl methyl sites for hydroxylation is 2. The maximum absolute atomic E-state index is 12.2. The fraction of sp³-hybridized carbons (Fsp3) is 0.200. The summed E-state index contributed by atoms with van der Waals surface area (Å²) in [7, 11) is 0. The van der Waals surface area contributed by atoms with E-state index >= 15 is 0 Å². The zero-order valence-electron chi connectivity index (χ0n) is 11.6. The summed E-state index contributed by atoms with van der Waals surface area (Å²) in [6.07, 6.45) is 1.53. The molecule has 2 rings (SSSR count). The van der Waals surface area contributed by atoms with Crippen LogP contribution in [-0.2, 0) is 6.54 Å². The minimum absolute atomic E-state index is 0.200. The van der Waals surface area contributed by atoms with Crippen molar-refractivity contribution in [1.29, 1.82) is 0 Å². The summed E-state index contributed by atoms with van der Waals surface area (Å²) < 4.78 is 0. The molecule has 0 saturated carbocycles. The largest absolute Gasteiger partial charge is 0.348 e. The molecule has 1 aromatic heterocycles. The molecular formula is C15H18N4O. The number of pyridine rings is 1. The van der Waals surface area contributed by atoms with E-state index in [1.807, 2.05) is 38.1 Å². The predicted molar refractivity (Wildman–Crippen MR) is 79.1 cm³/mol. The molecule has 0 radical (unpaired) electrons. The van der Waals surface area contributed by atoms with Gasteiger partial charge in [0.25, 0.3) is 5.91 Å². The van der Waals surface area contributed by atoms with Crippen LogP contribution < -0.4 is 16.6 Å². The highest BCUT2D eigenvalue weighted by molar-refractivity contribution is 5.99. The van der Waals surface area contributed by atoms with Crippen molar-refractivity contribution in [3.8, 4) is 0 Å². The second-order valence-electron chi connectivity index (χ2n) is 4.62. The number of carbonyl (C=O) groups excluding carboxylic acids is 1. The number of nitrogens with two attached hydrogens (primary N) is 1. The molecule has 1 aromatic carbocycles. The lowest BCUT2D eigenvalue weighted by Crippen LogP contribution is -2.25. The third kappa shape index (κ3) is 3.13. The molecule has 5 heteroatoms. The van der Waals surface area contributed by atoms with Crippen molar-refractivity contribution in [2.75, 3.05) is 5.43 Å². The van der Waals surface area contributed by atoms with Crippen molar-refractivity contribution >= 4 is 11.6 Å². The van der Waals surface area contributed by atoms with Gasteiger partial charge in [-0.2, -0.15) is 0 Å². The Balaban J connectivity index is 2.11. The number of hydrazine groups is 1. The van der Waals surface area contributed by atoms with Gasteiger partial charge in [0.05, 0.1) is 11.3 Å². The first kappa shape index (κ1) is 14.0. The number of anilines is 1. The summed E-state index contributed by atoms with van der Waals surface area (Å²) >= 11 is 0. The molecular weight excluding hydrogens is 252 g/mol. The van der Waals surface area contributed by atoms with Crippen LogP contribution in [0, 0.1) is 13.8 Å². The van der Waals surface area contributed by atoms with Gasteiger partial charge in [-0.15, -0.1) is 0 Å². The van der Waals surface area contributed by atoms with E-state index in [2.05, 4.69) is 15.7 Å². The number of aromatic nitrogens is 1. The topological polar surface area (TPSA) is 80.0 Å². The summed E-state index contributed by atoms with van der Waals surface area (Å²) in [6.45, 7) is 4.33. The molecule has 5 nitrogen and oxygen atoms in total. The smallest absolute Gasteiger partial charge is 0.255 e. The van der Waals surface area contributed by atoms with Crippen LogP contribution in [0.1, 0.15) is 27.2 Å². The Hall–Kier alpha value is -2.40. The minimum Gasteiger partial charge on any atom is -0.348 e. The van der Waals surface area contributed by atoms with Crippen molar-refractivity contribution in [3.63, 3.8) is 0 Å². The average molecular weight is 270 g/mol. The van der Waals surface area contributed by atoms with E-state index in [4.69, 9.17) is 5.84 Å². The second-order valence-corrected chi connectivity index (χ2v) is 4.62. The minimum atomic E-state index is -0.200. The van der Waals surface area contributed by atoms with Gasteiger partial charge >= 0.3 is 0 Å². The molecule has 1 amide bonds. The van der Waals surface area contributed by atoms with Crippen LogP contribution in [0.2, 0.25) is 0 Å². The van der Waals surface area contributed by atoms with Gasteiger partial charge in [-0.1, -0.05) is 24.3 Å². The van der Waals surface area contributed by atoms with Crippen molar-refractivity contribution in [2.24, 2.45) is 5.84 Å². The van der Waals surface area contributed by atoms with Crippen LogP contribution in [0.5, 0.6) is 0 Å². The summed E-state index contributed by atoms with van der Waals surface area (Å²) in [5.41, 5.74) is 6.56. The van der Waals surface area contributed by atoms with Crippen LogP contribution in [0.25, 0.3) is 0 Å². The molecule has 0 spiro atoms. The van der Waals surface area contributed by atoms with Crippen LogP contribution in [0.3, 0.4) is 0 Å². The lowest BCUT2D eigenvalue weighted by Gasteiger charge is -2.11. The van der Waals surface area contributed by atoms with E-state index in [9.17, 15) is 4.79 Å². The zero-order chi connectivity index (χ0) is 14.5. The number of nitrogens with zero attached hydrogens (tertiary/aromatic N) is 1. The Morgan fingerprint density at radius 1 is 1.30 bits per heavy atom. The fourth-order valence-corrected chi connectivity index (χ4v) is 1.94. The number of nitrogens with one attached hydrogen (secondary N) is 2. The van der Waals surface area contributed by atoms with Gasteiger partial charge in [0.2, 0.25) is 0 Å². The van der Waals surface area contributed by atoms with Crippen molar-refractivity contribution in [2.45, 2.75) is 20.4 Å². The highest BCUT2D eigenvalue weighted by Crippen LogP contribution is 2.14. The standard InChI is InChI=1S/C15H18N4O/c1-10-5-3-4-6-12(10)8-18-15(20)13-9-17-11(2)7-14(13)19-16/h3-7,9H,8,16H2,1-2H3,(H,17,19)(H,18,20). The molecule has 0 unspecified atom stereocenters. The first-order chi connectivity index (χ1) is 9.61. The molecule has 0 saturated heterocycles. The molecule has 104 valence electrons. The van der Waals surface area contributed by atoms with Gasteiger partial charge < -0.3 is 10.7 Å². The van der Waals surface area contributed by atoms with Gasteiger partial charge in [0.1, 0.15) is 0 Å². The van der Waals surface area contributed by atoms with Gasteiger partial charge in [-0.25, -0.2) is 0 Å². The number of amides is 1. The van der Waals surface area contributed by atoms with E-state index in [-0.39, 0.29) is 5.91 Å². The van der Waals surface area contributed by atoms with Crippen LogP contribution in [-0.4, -0.2) is 10.9 Å². The van der Waals surface area contributed by atoms with Gasteiger partial charge in [-0.3, -0.25) is 15.6 Å². The monoisotopic (exact) mass is 270 g/mol. The lowest BCUT2D eigenvalue weighted by molar-refractivity contribution is 0.0951. The fourth-order valence-electron chi connectivity index (χ4n) is 1.94. The molecule has 0 fully saturated rings. The maximum Gasteiger partial charge on any atom is 0.255 e. The maximum atomic E-state index is 12.2. The molecule has 1 heterocycles. The first-order valence-electron chi connectivity index (χ1n) is 6.38. The van der Waals surface area contributed by atoms with Gasteiger partial charge in [0.15, 0.2) is 0 Å². The Bertz CT molecular complexity index is 625. The Morgan fingerprint density at radius 2 is 2.05 bits per heavy atom. The van der Waals surface area contributed by atoms with Crippen LogP contribution in [0.15, 0.2) is 36.5 Å². The Labute approximate surface area is 118 Å². The number of benzene rings is 1. The van der Waals surface area contributed by atoms with E-state index in [1.165, 1.54) is 6.20 Å². The third-order valence-corrected chi connectivity index (χ3v) is 3.14. The average Bonchev–Trinajstić information content (AvgIpc) is 2.46. The van der Waals surface area contributed by atoms with E-state index in [0.717, 1.165) is 16.8 Å². The first-order valence-corrected chi connectivity index (χ1v) is 6.38. The molecule has 0 bridgehead atoms. The lowest BCUT2D eigenvalue weighted by atomic mass is 10.1. The summed E-state index contributed by atoms with van der Waals surface area (Å²) in [5, 5.41) is 2.88. The van der Waals surface area contributed by atoms with Crippen LogP contribution in [0.4, 0.5) is 5.69 Å². The number of nitrogen functional groups attached to an aromatic ring is 1. The van der Waals surface area contributed by atoms with Crippen molar-refractivity contribution in [3.05, 3.63) is 58.9 Å².